The van der Waals surface area contributed by atoms with E-state index < -0.39 is 26.4 Å². The van der Waals surface area contributed by atoms with Crippen LogP contribution in [-0.4, -0.2) is 38.9 Å². The minimum absolute atomic E-state index is 0.0192. The minimum Gasteiger partial charge on any atom is -0.502 e. The van der Waals surface area contributed by atoms with E-state index >= 15 is 0 Å². The van der Waals surface area contributed by atoms with Gasteiger partial charge in [0.2, 0.25) is 5.75 Å². The molecule has 2 N–H and O–H groups in total. The molecular weight excluding hydrogens is 366 g/mol. The van der Waals surface area contributed by atoms with Crippen molar-refractivity contribution in [2.75, 3.05) is 14.2 Å². The van der Waals surface area contributed by atoms with Gasteiger partial charge in [0, 0.05) is 17.7 Å². The fourth-order valence-corrected chi connectivity index (χ4v) is 2.81. The van der Waals surface area contributed by atoms with Crippen LogP contribution in [0.2, 0.25) is 0 Å². The molecule has 0 aliphatic heterocycles. The normalized spacial score (nSPS) is 11.3. The Morgan fingerprint density at radius 3 is 2.50 bits per heavy atom. The SMILES string of the molecule is COc1ccc(S(=O)(=O)NN=Cc2cccc([N+](=O)[O-])c2O)cc1OC. The molecule has 26 heavy (non-hydrogen) atoms. The van der Waals surface area contributed by atoms with Crippen LogP contribution >= 0.6 is 0 Å². The van der Waals surface area contributed by atoms with E-state index in [4.69, 9.17) is 9.47 Å². The predicted octanol–water partition coefficient (Wildman–Crippen LogP) is 1.63. The molecule has 0 fully saturated rings. The maximum absolute atomic E-state index is 12.3. The van der Waals surface area contributed by atoms with Crippen LogP contribution in [0.25, 0.3) is 0 Å². The number of aromatic hydroxyl groups is 1. The molecule has 0 atom stereocenters. The zero-order valence-corrected chi connectivity index (χ0v) is 14.6. The molecule has 0 amide bonds. The van der Waals surface area contributed by atoms with Gasteiger partial charge < -0.3 is 14.6 Å². The number of ether oxygens (including phenoxy) is 2. The summed E-state index contributed by atoms with van der Waals surface area (Å²) in [6.45, 7) is 0. The molecule has 0 spiro atoms. The fourth-order valence-electron chi connectivity index (χ4n) is 2.00. The zero-order chi connectivity index (χ0) is 19.3. The second kappa shape index (κ2) is 7.70. The van der Waals surface area contributed by atoms with Gasteiger partial charge in [0.05, 0.1) is 30.3 Å². The summed E-state index contributed by atoms with van der Waals surface area (Å²) in [7, 11) is -1.24. The molecule has 0 radical (unpaired) electrons. The smallest absolute Gasteiger partial charge is 0.311 e. The third kappa shape index (κ3) is 4.00. The minimum atomic E-state index is -4.03. The number of phenols is 1. The molecule has 0 unspecified atom stereocenters. The van der Waals surface area contributed by atoms with Gasteiger partial charge in [-0.3, -0.25) is 10.1 Å². The molecule has 11 heteroatoms. The quantitative estimate of drug-likeness (QED) is 0.422. The number of hydrogen-bond donors (Lipinski definition) is 2. The number of nitro groups is 1. The lowest BCUT2D eigenvalue weighted by Gasteiger charge is -2.09. The summed E-state index contributed by atoms with van der Waals surface area (Å²) in [6.07, 6.45) is 0.959. The molecule has 0 aliphatic carbocycles. The van der Waals surface area contributed by atoms with Crippen LogP contribution in [0.15, 0.2) is 46.4 Å². The summed E-state index contributed by atoms with van der Waals surface area (Å²) in [6, 6.07) is 7.76. The predicted molar refractivity (Wildman–Crippen MR) is 92.2 cm³/mol. The van der Waals surface area contributed by atoms with Crippen LogP contribution in [0.5, 0.6) is 17.2 Å². The highest BCUT2D eigenvalue weighted by Gasteiger charge is 2.17. The van der Waals surface area contributed by atoms with Gasteiger partial charge in [-0.2, -0.15) is 13.5 Å². The third-order valence-corrected chi connectivity index (χ3v) is 4.50. The van der Waals surface area contributed by atoms with Crippen molar-refractivity contribution >= 4 is 21.9 Å². The van der Waals surface area contributed by atoms with Crippen molar-refractivity contribution in [1.29, 1.82) is 0 Å². The van der Waals surface area contributed by atoms with Gasteiger partial charge >= 0.3 is 5.69 Å². The van der Waals surface area contributed by atoms with Crippen molar-refractivity contribution in [1.82, 2.24) is 4.83 Å². The first kappa shape index (κ1) is 19.0. The van der Waals surface area contributed by atoms with E-state index in [1.807, 2.05) is 4.83 Å². The lowest BCUT2D eigenvalue weighted by Crippen LogP contribution is -2.18. The van der Waals surface area contributed by atoms with Crippen LogP contribution in [-0.2, 0) is 10.0 Å². The lowest BCUT2D eigenvalue weighted by molar-refractivity contribution is -0.385. The van der Waals surface area contributed by atoms with E-state index in [0.717, 1.165) is 12.3 Å². The molecule has 10 nitrogen and oxygen atoms in total. The Bertz CT molecular complexity index is 958. The van der Waals surface area contributed by atoms with E-state index in [-0.39, 0.29) is 16.2 Å². The molecular formula is C15H15N3O7S. The largest absolute Gasteiger partial charge is 0.502 e. The fraction of sp³-hybridized carbons (Fsp3) is 0.133. The van der Waals surface area contributed by atoms with E-state index in [9.17, 15) is 23.6 Å². The van der Waals surface area contributed by atoms with E-state index in [2.05, 4.69) is 5.10 Å². The van der Waals surface area contributed by atoms with Crippen LogP contribution < -0.4 is 14.3 Å². The molecule has 2 aromatic rings. The Hall–Kier alpha value is -3.34. The van der Waals surface area contributed by atoms with Crippen molar-refractivity contribution in [3.8, 4) is 17.2 Å². The number of rotatable bonds is 7. The second-order valence-corrected chi connectivity index (χ2v) is 6.50. The van der Waals surface area contributed by atoms with Gasteiger partial charge in [-0.25, -0.2) is 4.83 Å². The summed E-state index contributed by atoms with van der Waals surface area (Å²) >= 11 is 0. The van der Waals surface area contributed by atoms with Crippen molar-refractivity contribution in [3.63, 3.8) is 0 Å². The highest BCUT2D eigenvalue weighted by Crippen LogP contribution is 2.30. The van der Waals surface area contributed by atoms with Gasteiger partial charge in [-0.05, 0) is 18.2 Å². The summed E-state index contributed by atoms with van der Waals surface area (Å²) < 4.78 is 34.6. The topological polar surface area (TPSA) is 140 Å². The number of nitrogens with one attached hydrogen (secondary N) is 1. The Balaban J connectivity index is 2.25. The number of para-hydroxylation sites is 1. The van der Waals surface area contributed by atoms with Gasteiger partial charge in [0.15, 0.2) is 11.5 Å². The molecule has 2 aromatic carbocycles. The first-order chi connectivity index (χ1) is 12.3. The lowest BCUT2D eigenvalue weighted by atomic mass is 10.2. The monoisotopic (exact) mass is 381 g/mol. The molecule has 2 rings (SSSR count). The van der Waals surface area contributed by atoms with Crippen molar-refractivity contribution in [2.24, 2.45) is 5.10 Å². The summed E-state index contributed by atoms with van der Waals surface area (Å²) in [4.78, 5) is 11.8. The van der Waals surface area contributed by atoms with Gasteiger partial charge in [-0.1, -0.05) is 6.07 Å². The first-order valence-corrected chi connectivity index (χ1v) is 8.51. The molecule has 0 saturated carbocycles. The van der Waals surface area contributed by atoms with Crippen molar-refractivity contribution in [3.05, 3.63) is 52.1 Å². The Morgan fingerprint density at radius 2 is 1.88 bits per heavy atom. The standard InChI is InChI=1S/C15H15N3O7S/c1-24-13-7-6-11(8-14(13)25-2)26(22,23)17-16-9-10-4-3-5-12(15(10)19)18(20)21/h3-9,17,19H,1-2H3. The summed E-state index contributed by atoms with van der Waals surface area (Å²) in [5.41, 5.74) is -0.536. The number of phenolic OH excluding ortho intramolecular Hbond substituents is 1. The van der Waals surface area contributed by atoms with Crippen LogP contribution in [0.4, 0.5) is 5.69 Å². The second-order valence-electron chi connectivity index (χ2n) is 4.84. The summed E-state index contributed by atoms with van der Waals surface area (Å²) in [5, 5.41) is 24.1. The molecule has 0 saturated heterocycles. The number of benzene rings is 2. The van der Waals surface area contributed by atoms with E-state index in [0.29, 0.717) is 5.75 Å². The van der Waals surface area contributed by atoms with Gasteiger partial charge in [0.25, 0.3) is 10.0 Å². The van der Waals surface area contributed by atoms with Gasteiger partial charge in [0.1, 0.15) is 0 Å². The summed E-state index contributed by atoms with van der Waals surface area (Å²) in [5.74, 6) is -0.0429. The number of sulfonamides is 1. The van der Waals surface area contributed by atoms with Crippen LogP contribution in [0.1, 0.15) is 5.56 Å². The molecule has 0 heterocycles. The Labute approximate surface area is 148 Å². The number of nitro benzene ring substituents is 1. The van der Waals surface area contributed by atoms with E-state index in [1.165, 1.54) is 44.6 Å². The maximum atomic E-state index is 12.3. The maximum Gasteiger partial charge on any atom is 0.311 e. The third-order valence-electron chi connectivity index (χ3n) is 3.28. The number of methoxy groups -OCH3 is 2. The van der Waals surface area contributed by atoms with Crippen molar-refractivity contribution < 1.29 is 27.9 Å². The Kier molecular flexibility index (Phi) is 5.62. The molecule has 0 bridgehead atoms. The average molecular weight is 381 g/mol. The highest BCUT2D eigenvalue weighted by molar-refractivity contribution is 7.89. The van der Waals surface area contributed by atoms with E-state index in [1.54, 1.807) is 0 Å². The average Bonchev–Trinajstić information content (AvgIpc) is 2.62. The van der Waals surface area contributed by atoms with Crippen LogP contribution in [0.3, 0.4) is 0 Å². The van der Waals surface area contributed by atoms with Crippen molar-refractivity contribution in [2.45, 2.75) is 4.90 Å². The Morgan fingerprint density at radius 1 is 1.19 bits per heavy atom. The zero-order valence-electron chi connectivity index (χ0n) is 13.7. The molecule has 0 aromatic heterocycles. The number of nitrogens with zero attached hydrogens (tertiary/aromatic N) is 2. The van der Waals surface area contributed by atoms with Crippen LogP contribution in [0, 0.1) is 10.1 Å². The molecule has 138 valence electrons. The molecule has 0 aliphatic rings. The van der Waals surface area contributed by atoms with Gasteiger partial charge in [-0.15, -0.1) is 0 Å². The number of hydrogen-bond acceptors (Lipinski definition) is 8. The number of hydrazone groups is 1. The highest BCUT2D eigenvalue weighted by atomic mass is 32.2. The first-order valence-electron chi connectivity index (χ1n) is 7.03.